The standard InChI is InChI=1S/C13H12O2SSe/c1-11-7-9-13(10-8-11)17-16(14,15)12-5-3-2-4-6-12/h2-10H,1H3. The Morgan fingerprint density at radius 3 is 2.06 bits per heavy atom. The molecule has 0 unspecified atom stereocenters. The maximum atomic E-state index is 12.1. The monoisotopic (exact) mass is 312 g/mol. The number of hydrogen-bond donors (Lipinski definition) is 0. The Morgan fingerprint density at radius 2 is 1.47 bits per heavy atom. The summed E-state index contributed by atoms with van der Waals surface area (Å²) >= 11 is -0.567. The fourth-order valence-electron chi connectivity index (χ4n) is 1.36. The van der Waals surface area contributed by atoms with Gasteiger partial charge in [0.25, 0.3) is 0 Å². The van der Waals surface area contributed by atoms with Crippen molar-refractivity contribution in [3.63, 3.8) is 0 Å². The van der Waals surface area contributed by atoms with Gasteiger partial charge in [0.05, 0.1) is 0 Å². The molecule has 0 heterocycles. The molecule has 0 spiro atoms. The molecule has 0 aliphatic rings. The van der Waals surface area contributed by atoms with E-state index < -0.39 is 22.1 Å². The molecule has 2 nitrogen and oxygen atoms in total. The van der Waals surface area contributed by atoms with Crippen LogP contribution in [0.25, 0.3) is 0 Å². The Balaban J connectivity index is 2.27. The van der Waals surface area contributed by atoms with Crippen LogP contribution in [0.3, 0.4) is 0 Å². The molecule has 0 atom stereocenters. The van der Waals surface area contributed by atoms with Gasteiger partial charge in [0.2, 0.25) is 0 Å². The van der Waals surface area contributed by atoms with Crippen LogP contribution in [-0.4, -0.2) is 22.3 Å². The first kappa shape index (κ1) is 12.4. The van der Waals surface area contributed by atoms with E-state index in [9.17, 15) is 8.42 Å². The van der Waals surface area contributed by atoms with Gasteiger partial charge in [-0.2, -0.15) is 0 Å². The predicted molar refractivity (Wildman–Crippen MR) is 70.2 cm³/mol. The van der Waals surface area contributed by atoms with Gasteiger partial charge in [-0.25, -0.2) is 0 Å². The summed E-state index contributed by atoms with van der Waals surface area (Å²) in [6.07, 6.45) is 0. The molecular formula is C13H12O2SSe. The average molecular weight is 311 g/mol. The van der Waals surface area contributed by atoms with Gasteiger partial charge in [-0.1, -0.05) is 0 Å². The minimum absolute atomic E-state index is 0.403. The first-order chi connectivity index (χ1) is 8.08. The Morgan fingerprint density at radius 1 is 0.882 bits per heavy atom. The van der Waals surface area contributed by atoms with Gasteiger partial charge in [0, 0.05) is 0 Å². The van der Waals surface area contributed by atoms with Crippen LogP contribution >= 0.6 is 0 Å². The van der Waals surface area contributed by atoms with Crippen LogP contribution in [0.1, 0.15) is 5.56 Å². The Bertz CT molecular complexity index is 589. The van der Waals surface area contributed by atoms with Crippen molar-refractivity contribution >= 4 is 26.6 Å². The maximum absolute atomic E-state index is 12.1. The van der Waals surface area contributed by atoms with Crippen molar-refractivity contribution in [2.45, 2.75) is 11.8 Å². The van der Waals surface area contributed by atoms with E-state index in [1.165, 1.54) is 0 Å². The zero-order chi connectivity index (χ0) is 12.3. The van der Waals surface area contributed by atoms with Crippen LogP contribution in [-0.2, 0) is 8.26 Å². The summed E-state index contributed by atoms with van der Waals surface area (Å²) in [7, 11) is -3.16. The van der Waals surface area contributed by atoms with E-state index in [-0.39, 0.29) is 0 Å². The van der Waals surface area contributed by atoms with Crippen molar-refractivity contribution in [3.8, 4) is 0 Å². The van der Waals surface area contributed by atoms with Crippen molar-refractivity contribution < 1.29 is 8.42 Å². The van der Waals surface area contributed by atoms with E-state index in [1.807, 2.05) is 37.3 Å². The molecule has 0 fully saturated rings. The average Bonchev–Trinajstić information content (AvgIpc) is 2.33. The van der Waals surface area contributed by atoms with Gasteiger partial charge in [0.15, 0.2) is 0 Å². The van der Waals surface area contributed by atoms with Crippen LogP contribution in [0.4, 0.5) is 0 Å². The van der Waals surface area contributed by atoms with Gasteiger partial charge in [-0.3, -0.25) is 0 Å². The molecular weight excluding hydrogens is 299 g/mol. The van der Waals surface area contributed by atoms with Crippen LogP contribution in [0.5, 0.6) is 0 Å². The first-order valence-electron chi connectivity index (χ1n) is 5.14. The molecule has 4 heteroatoms. The molecule has 2 aromatic carbocycles. The normalized spacial score (nSPS) is 11.4. The Hall–Kier alpha value is -1.09. The van der Waals surface area contributed by atoms with Crippen LogP contribution in [0.15, 0.2) is 59.5 Å². The summed E-state index contributed by atoms with van der Waals surface area (Å²) in [4.78, 5) is 0.403. The van der Waals surface area contributed by atoms with Gasteiger partial charge in [-0.05, 0) is 0 Å². The van der Waals surface area contributed by atoms with E-state index in [1.54, 1.807) is 24.3 Å². The third-order valence-electron chi connectivity index (χ3n) is 2.26. The zero-order valence-electron chi connectivity index (χ0n) is 9.33. The number of benzene rings is 2. The van der Waals surface area contributed by atoms with Crippen molar-refractivity contribution in [1.29, 1.82) is 0 Å². The summed E-state index contributed by atoms with van der Waals surface area (Å²) in [6.45, 7) is 1.99. The number of aryl methyl sites for hydroxylation is 1. The molecule has 0 radical (unpaired) electrons. The van der Waals surface area contributed by atoms with E-state index in [2.05, 4.69) is 0 Å². The van der Waals surface area contributed by atoms with Crippen molar-refractivity contribution in [1.82, 2.24) is 0 Å². The minimum atomic E-state index is -3.16. The number of hydrogen-bond acceptors (Lipinski definition) is 2. The van der Waals surface area contributed by atoms with Crippen molar-refractivity contribution in [3.05, 3.63) is 60.2 Å². The van der Waals surface area contributed by atoms with Gasteiger partial charge >= 0.3 is 107 Å². The number of rotatable bonds is 3. The molecule has 88 valence electrons. The molecule has 0 N–H and O–H groups in total. The van der Waals surface area contributed by atoms with E-state index in [4.69, 9.17) is 0 Å². The molecule has 0 aromatic heterocycles. The topological polar surface area (TPSA) is 34.1 Å². The van der Waals surface area contributed by atoms with Crippen LogP contribution in [0, 0.1) is 6.92 Å². The van der Waals surface area contributed by atoms with Crippen LogP contribution in [0.2, 0.25) is 0 Å². The SMILES string of the molecule is Cc1ccc([Se]S(=O)(=O)c2ccccc2)cc1. The molecule has 2 aromatic rings. The van der Waals surface area contributed by atoms with Gasteiger partial charge < -0.3 is 0 Å². The third kappa shape index (κ3) is 3.19. The Labute approximate surface area is 107 Å². The summed E-state index contributed by atoms with van der Waals surface area (Å²) in [5, 5.41) is 0. The summed E-state index contributed by atoms with van der Waals surface area (Å²) in [6, 6.07) is 16.3. The quantitative estimate of drug-likeness (QED) is 0.809. The van der Waals surface area contributed by atoms with E-state index >= 15 is 0 Å². The first-order valence-corrected chi connectivity index (χ1v) is 9.50. The molecule has 0 saturated carbocycles. The van der Waals surface area contributed by atoms with Gasteiger partial charge in [0.1, 0.15) is 0 Å². The third-order valence-corrected chi connectivity index (χ3v) is 7.89. The van der Waals surface area contributed by atoms with Gasteiger partial charge in [-0.15, -0.1) is 0 Å². The summed E-state index contributed by atoms with van der Waals surface area (Å²) in [5.74, 6) is 0. The fraction of sp³-hybridized carbons (Fsp3) is 0.0769. The fourth-order valence-corrected chi connectivity index (χ4v) is 6.19. The van der Waals surface area contributed by atoms with Crippen molar-refractivity contribution in [2.75, 3.05) is 0 Å². The molecule has 0 saturated heterocycles. The molecule has 0 aliphatic carbocycles. The second kappa shape index (κ2) is 5.05. The molecule has 0 amide bonds. The van der Waals surface area contributed by atoms with Crippen molar-refractivity contribution in [2.24, 2.45) is 0 Å². The van der Waals surface area contributed by atoms with E-state index in [0.29, 0.717) is 4.90 Å². The summed E-state index contributed by atoms with van der Waals surface area (Å²) in [5.41, 5.74) is 1.14. The predicted octanol–water partition coefficient (Wildman–Crippen LogP) is 1.71. The second-order valence-electron chi connectivity index (χ2n) is 3.66. The van der Waals surface area contributed by atoms with Crippen LogP contribution < -0.4 is 4.46 Å². The second-order valence-corrected chi connectivity index (χ2v) is 10.0. The zero-order valence-corrected chi connectivity index (χ0v) is 11.9. The Kier molecular flexibility index (Phi) is 3.67. The van der Waals surface area contributed by atoms with E-state index in [0.717, 1.165) is 10.0 Å². The molecule has 0 bridgehead atoms. The molecule has 17 heavy (non-hydrogen) atoms. The molecule has 2 rings (SSSR count). The summed E-state index contributed by atoms with van der Waals surface area (Å²) < 4.78 is 25.1. The molecule has 0 aliphatic heterocycles.